The molecule has 32 heavy (non-hydrogen) atoms. The van der Waals surface area contributed by atoms with Gasteiger partial charge in [-0.3, -0.25) is 4.79 Å². The van der Waals surface area contributed by atoms with E-state index in [2.05, 4.69) is 36.1 Å². The van der Waals surface area contributed by atoms with Crippen molar-refractivity contribution in [1.82, 2.24) is 14.5 Å². The molecule has 1 amide bonds. The van der Waals surface area contributed by atoms with E-state index < -0.39 is 24.5 Å². The molecule has 0 bridgehead atoms. The summed E-state index contributed by atoms with van der Waals surface area (Å²) in [5.74, 6) is 0.373. The average molecular weight is 449 g/mol. The molecule has 1 aliphatic rings. The van der Waals surface area contributed by atoms with E-state index in [9.17, 15) is 15.0 Å². The fourth-order valence-corrected chi connectivity index (χ4v) is 4.32. The van der Waals surface area contributed by atoms with Gasteiger partial charge in [0.25, 0.3) is 0 Å². The third-order valence-corrected chi connectivity index (χ3v) is 5.96. The highest BCUT2D eigenvalue weighted by Gasteiger charge is 2.44. The van der Waals surface area contributed by atoms with Crippen LogP contribution in [-0.2, 0) is 14.3 Å². The largest absolute Gasteiger partial charge is 0.387 e. The van der Waals surface area contributed by atoms with Gasteiger partial charge in [0.1, 0.15) is 36.1 Å². The SMILES string of the molecule is COC[C@H]1O[C@@H](n2cc(C)c3c(NC(=O)C(CC(C)(C)C)C(C)C)ncnc32)[C@@H](O)C1O. The monoisotopic (exact) mass is 448 g/mol. The molecule has 2 aromatic rings. The predicted octanol–water partition coefficient (Wildman–Crippen LogP) is 2.65. The maximum absolute atomic E-state index is 13.2. The van der Waals surface area contributed by atoms with Gasteiger partial charge in [-0.2, -0.15) is 0 Å². The van der Waals surface area contributed by atoms with Gasteiger partial charge in [0, 0.05) is 19.2 Å². The van der Waals surface area contributed by atoms with Crippen molar-refractivity contribution in [3.63, 3.8) is 0 Å². The summed E-state index contributed by atoms with van der Waals surface area (Å²) in [6.07, 6.45) is 0.225. The first-order valence-electron chi connectivity index (χ1n) is 11.1. The van der Waals surface area contributed by atoms with Gasteiger partial charge in [0.15, 0.2) is 6.23 Å². The van der Waals surface area contributed by atoms with E-state index in [0.29, 0.717) is 16.9 Å². The van der Waals surface area contributed by atoms with Gasteiger partial charge in [-0.25, -0.2) is 9.97 Å². The minimum Gasteiger partial charge on any atom is -0.387 e. The average Bonchev–Trinajstić information content (AvgIpc) is 3.17. The molecular weight excluding hydrogens is 412 g/mol. The molecule has 3 N–H and O–H groups in total. The summed E-state index contributed by atoms with van der Waals surface area (Å²) < 4.78 is 12.6. The van der Waals surface area contributed by atoms with Crippen LogP contribution in [0.15, 0.2) is 12.5 Å². The Labute approximate surface area is 189 Å². The summed E-state index contributed by atoms with van der Waals surface area (Å²) in [6, 6.07) is 0. The van der Waals surface area contributed by atoms with Crippen LogP contribution >= 0.6 is 0 Å². The quantitative estimate of drug-likeness (QED) is 0.596. The molecular formula is C23H36N4O5. The molecule has 0 aromatic carbocycles. The van der Waals surface area contributed by atoms with Crippen molar-refractivity contribution in [2.75, 3.05) is 19.0 Å². The molecule has 0 spiro atoms. The van der Waals surface area contributed by atoms with Crippen LogP contribution in [0.3, 0.4) is 0 Å². The molecule has 3 rings (SSSR count). The number of nitrogens with one attached hydrogen (secondary N) is 1. The lowest BCUT2D eigenvalue weighted by molar-refractivity contribution is -0.122. The molecule has 3 heterocycles. The summed E-state index contributed by atoms with van der Waals surface area (Å²) in [6.45, 7) is 12.5. The molecule has 1 fully saturated rings. The Morgan fingerprint density at radius 2 is 1.97 bits per heavy atom. The van der Waals surface area contributed by atoms with Crippen LogP contribution in [-0.4, -0.2) is 62.7 Å². The second-order valence-corrected chi connectivity index (χ2v) is 10.2. The third kappa shape index (κ3) is 4.96. The molecule has 0 aliphatic carbocycles. The zero-order chi connectivity index (χ0) is 23.8. The number of anilines is 1. The fourth-order valence-electron chi connectivity index (χ4n) is 4.32. The van der Waals surface area contributed by atoms with Crippen molar-refractivity contribution in [2.24, 2.45) is 17.3 Å². The number of aryl methyl sites for hydroxylation is 1. The van der Waals surface area contributed by atoms with E-state index in [-0.39, 0.29) is 29.8 Å². The lowest BCUT2D eigenvalue weighted by atomic mass is 9.79. The number of carbonyl (C=O) groups excluding carboxylic acids is 1. The maximum atomic E-state index is 13.2. The summed E-state index contributed by atoms with van der Waals surface area (Å²) >= 11 is 0. The molecule has 1 aliphatic heterocycles. The second kappa shape index (κ2) is 9.43. The van der Waals surface area contributed by atoms with Crippen LogP contribution in [0.5, 0.6) is 0 Å². The first-order chi connectivity index (χ1) is 14.9. The van der Waals surface area contributed by atoms with E-state index in [1.54, 1.807) is 10.8 Å². The summed E-state index contributed by atoms with van der Waals surface area (Å²) in [5.41, 5.74) is 1.36. The topological polar surface area (TPSA) is 119 Å². The van der Waals surface area contributed by atoms with Gasteiger partial charge in [0.2, 0.25) is 5.91 Å². The molecule has 178 valence electrons. The van der Waals surface area contributed by atoms with Crippen molar-refractivity contribution in [2.45, 2.75) is 72.5 Å². The molecule has 9 heteroatoms. The highest BCUT2D eigenvalue weighted by molar-refractivity contribution is 6.01. The van der Waals surface area contributed by atoms with Crippen LogP contribution in [0.2, 0.25) is 0 Å². The summed E-state index contributed by atoms with van der Waals surface area (Å²) in [7, 11) is 1.51. The molecule has 9 nitrogen and oxygen atoms in total. The number of fused-ring (bicyclic) bond motifs is 1. The Morgan fingerprint density at radius 3 is 2.56 bits per heavy atom. The standard InChI is InChI=1S/C23H36N4O5/c1-12(2)14(8-23(4,5)6)21(30)26-19-16-13(3)9-27(20(16)25-11-24-19)22-18(29)17(28)15(32-22)10-31-7/h9,11-12,14-15,17-18,22,28-29H,8,10H2,1-7H3,(H,24,25,26,30)/t14?,15-,17?,18+,22-/m1/s1. The van der Waals surface area contributed by atoms with E-state index >= 15 is 0 Å². The second-order valence-electron chi connectivity index (χ2n) is 10.2. The van der Waals surface area contributed by atoms with Gasteiger partial charge >= 0.3 is 0 Å². The Hall–Kier alpha value is -2.07. The van der Waals surface area contributed by atoms with Gasteiger partial charge in [-0.15, -0.1) is 0 Å². The molecule has 5 atom stereocenters. The van der Waals surface area contributed by atoms with Crippen molar-refractivity contribution in [3.8, 4) is 0 Å². The van der Waals surface area contributed by atoms with E-state index in [1.165, 1.54) is 13.4 Å². The number of aliphatic hydroxyl groups excluding tert-OH is 2. The van der Waals surface area contributed by atoms with Gasteiger partial charge in [-0.1, -0.05) is 34.6 Å². The minimum absolute atomic E-state index is 0.0159. The number of methoxy groups -OCH3 is 1. The summed E-state index contributed by atoms with van der Waals surface area (Å²) in [5, 5.41) is 24.6. The zero-order valence-corrected chi connectivity index (χ0v) is 20.0. The number of nitrogens with zero attached hydrogens (tertiary/aromatic N) is 3. The van der Waals surface area contributed by atoms with Gasteiger partial charge < -0.3 is 29.6 Å². The number of carbonyl (C=O) groups is 1. The lowest BCUT2D eigenvalue weighted by Crippen LogP contribution is -2.33. The molecule has 1 saturated heterocycles. The Bertz CT molecular complexity index is 952. The lowest BCUT2D eigenvalue weighted by Gasteiger charge is -2.27. The van der Waals surface area contributed by atoms with Crippen molar-refractivity contribution in [3.05, 3.63) is 18.1 Å². The fraction of sp³-hybridized carbons (Fsp3) is 0.696. The smallest absolute Gasteiger partial charge is 0.228 e. The first-order valence-corrected chi connectivity index (χ1v) is 11.1. The summed E-state index contributed by atoms with van der Waals surface area (Å²) in [4.78, 5) is 21.9. The highest BCUT2D eigenvalue weighted by Crippen LogP contribution is 2.36. The number of rotatable bonds is 7. The van der Waals surface area contributed by atoms with Crippen molar-refractivity contribution in [1.29, 1.82) is 0 Å². The van der Waals surface area contributed by atoms with Gasteiger partial charge in [-0.05, 0) is 30.2 Å². The number of ether oxygens (including phenoxy) is 2. The molecule has 0 saturated carbocycles. The zero-order valence-electron chi connectivity index (χ0n) is 20.0. The predicted molar refractivity (Wildman–Crippen MR) is 121 cm³/mol. The third-order valence-electron chi connectivity index (χ3n) is 5.96. The first kappa shape index (κ1) is 24.6. The Morgan fingerprint density at radius 1 is 1.28 bits per heavy atom. The minimum atomic E-state index is -1.14. The van der Waals surface area contributed by atoms with E-state index in [4.69, 9.17) is 9.47 Å². The number of amides is 1. The number of hydrogen-bond acceptors (Lipinski definition) is 7. The van der Waals surface area contributed by atoms with Crippen LogP contribution in [0.4, 0.5) is 5.82 Å². The van der Waals surface area contributed by atoms with Crippen LogP contribution in [0.1, 0.15) is 52.8 Å². The normalized spacial score (nSPS) is 24.9. The highest BCUT2D eigenvalue weighted by atomic mass is 16.6. The van der Waals surface area contributed by atoms with Crippen molar-refractivity contribution < 1.29 is 24.5 Å². The van der Waals surface area contributed by atoms with Crippen molar-refractivity contribution >= 4 is 22.8 Å². The van der Waals surface area contributed by atoms with Crippen LogP contribution < -0.4 is 5.32 Å². The number of aliphatic hydroxyl groups is 2. The van der Waals surface area contributed by atoms with E-state index in [0.717, 1.165) is 12.0 Å². The molecule has 2 aromatic heterocycles. The van der Waals surface area contributed by atoms with Crippen LogP contribution in [0, 0.1) is 24.2 Å². The molecule has 0 radical (unpaired) electrons. The van der Waals surface area contributed by atoms with Crippen LogP contribution in [0.25, 0.3) is 11.0 Å². The Balaban J connectivity index is 1.93. The van der Waals surface area contributed by atoms with E-state index in [1.807, 2.05) is 20.8 Å². The maximum Gasteiger partial charge on any atom is 0.228 e. The molecule has 2 unspecified atom stereocenters. The Kier molecular flexibility index (Phi) is 7.24. The van der Waals surface area contributed by atoms with Gasteiger partial charge in [0.05, 0.1) is 12.0 Å². The number of aromatic nitrogens is 3. The number of hydrogen-bond donors (Lipinski definition) is 3.